The third-order valence-corrected chi connectivity index (χ3v) is 4.79. The summed E-state index contributed by atoms with van der Waals surface area (Å²) in [7, 11) is 0. The number of hydrogen-bond donors (Lipinski definition) is 1. The molecule has 98 valence electrons. The van der Waals surface area contributed by atoms with E-state index in [1.165, 1.54) is 0 Å². The number of carboxylic acids is 1. The van der Waals surface area contributed by atoms with Crippen molar-refractivity contribution in [2.75, 3.05) is 18.8 Å². The van der Waals surface area contributed by atoms with Crippen LogP contribution in [0.5, 0.6) is 0 Å². The van der Waals surface area contributed by atoms with Gasteiger partial charge in [0.2, 0.25) is 0 Å². The van der Waals surface area contributed by atoms with Crippen molar-refractivity contribution in [3.05, 3.63) is 29.8 Å². The molecule has 1 atom stereocenters. The van der Waals surface area contributed by atoms with Gasteiger partial charge in [0.15, 0.2) is 0 Å². The molecule has 1 aromatic carbocycles. The Kier molecular flexibility index (Phi) is 3.97. The molecule has 18 heavy (non-hydrogen) atoms. The van der Waals surface area contributed by atoms with Gasteiger partial charge in [-0.25, -0.2) is 4.79 Å². The van der Waals surface area contributed by atoms with Gasteiger partial charge in [-0.1, -0.05) is 32.0 Å². The van der Waals surface area contributed by atoms with Crippen LogP contribution in [0.15, 0.2) is 29.2 Å². The van der Waals surface area contributed by atoms with Crippen LogP contribution >= 0.6 is 11.8 Å². The van der Waals surface area contributed by atoms with E-state index in [0.717, 1.165) is 29.3 Å². The molecular formula is C14H19NO2S. The van der Waals surface area contributed by atoms with Gasteiger partial charge in [-0.3, -0.25) is 4.90 Å². The van der Waals surface area contributed by atoms with E-state index in [9.17, 15) is 9.90 Å². The van der Waals surface area contributed by atoms with E-state index in [2.05, 4.69) is 4.90 Å². The van der Waals surface area contributed by atoms with E-state index in [4.69, 9.17) is 0 Å². The van der Waals surface area contributed by atoms with Crippen LogP contribution in [0.2, 0.25) is 0 Å². The van der Waals surface area contributed by atoms with E-state index in [1.54, 1.807) is 11.8 Å². The summed E-state index contributed by atoms with van der Waals surface area (Å²) in [5, 5.41) is 9.82. The Bertz CT molecular complexity index is 445. The molecule has 3 nitrogen and oxygen atoms in total. The van der Waals surface area contributed by atoms with Gasteiger partial charge >= 0.3 is 5.97 Å². The normalized spacial score (nSPS) is 22.8. The van der Waals surface area contributed by atoms with Crippen LogP contribution in [0, 0.1) is 0 Å². The summed E-state index contributed by atoms with van der Waals surface area (Å²) in [6.07, 6.45) is 0.672. The maximum Gasteiger partial charge on any atom is 0.328 e. The molecular weight excluding hydrogens is 246 g/mol. The summed E-state index contributed by atoms with van der Waals surface area (Å²) in [5.74, 6) is 0.138. The number of aliphatic carboxylic acids is 1. The fourth-order valence-corrected chi connectivity index (χ4v) is 4.01. The fraction of sp³-hybridized carbons (Fsp3) is 0.500. The van der Waals surface area contributed by atoms with Crippen molar-refractivity contribution in [2.45, 2.75) is 30.7 Å². The number of carbonyl (C=O) groups is 1. The maximum absolute atomic E-state index is 11.9. The average Bonchev–Trinajstić information content (AvgIpc) is 2.40. The van der Waals surface area contributed by atoms with Crippen LogP contribution in [0.4, 0.5) is 0 Å². The fourth-order valence-electron chi connectivity index (χ4n) is 2.83. The summed E-state index contributed by atoms with van der Waals surface area (Å²) in [4.78, 5) is 15.1. The standard InChI is InChI=1S/C14H19NO2S/c1-3-15(4-2)14(13(16)17)9-10-18-12-8-6-5-7-11(12)14/h5-8H,3-4,9-10H2,1-2H3,(H,16,17). The minimum atomic E-state index is -0.842. The number of hydrogen-bond acceptors (Lipinski definition) is 3. The molecule has 0 fully saturated rings. The van der Waals surface area contributed by atoms with Crippen molar-refractivity contribution >= 4 is 17.7 Å². The number of benzene rings is 1. The number of rotatable bonds is 4. The Labute approximate surface area is 112 Å². The Morgan fingerprint density at radius 2 is 2.06 bits per heavy atom. The third kappa shape index (κ3) is 1.93. The second-order valence-corrected chi connectivity index (χ2v) is 5.57. The van der Waals surface area contributed by atoms with Crippen LogP contribution < -0.4 is 0 Å². The van der Waals surface area contributed by atoms with E-state index in [1.807, 2.05) is 38.1 Å². The highest BCUT2D eigenvalue weighted by Gasteiger charge is 2.47. The summed E-state index contributed by atoms with van der Waals surface area (Å²) < 4.78 is 0. The van der Waals surface area contributed by atoms with Gasteiger partial charge in [-0.15, -0.1) is 11.8 Å². The second-order valence-electron chi connectivity index (χ2n) is 4.43. The molecule has 0 aliphatic carbocycles. The molecule has 0 spiro atoms. The average molecular weight is 265 g/mol. The molecule has 0 aromatic heterocycles. The van der Waals surface area contributed by atoms with E-state index < -0.39 is 11.5 Å². The first-order valence-electron chi connectivity index (χ1n) is 6.37. The molecule has 1 heterocycles. The molecule has 1 N–H and O–H groups in total. The van der Waals surface area contributed by atoms with Gasteiger partial charge in [-0.2, -0.15) is 0 Å². The Morgan fingerprint density at radius 1 is 1.39 bits per heavy atom. The highest BCUT2D eigenvalue weighted by Crippen LogP contribution is 2.44. The summed E-state index contributed by atoms with van der Waals surface area (Å²) in [6.45, 7) is 5.56. The minimum Gasteiger partial charge on any atom is -0.480 e. The monoisotopic (exact) mass is 265 g/mol. The maximum atomic E-state index is 11.9. The van der Waals surface area contributed by atoms with Gasteiger partial charge in [0.05, 0.1) is 0 Å². The van der Waals surface area contributed by atoms with Crippen molar-refractivity contribution in [3.63, 3.8) is 0 Å². The lowest BCUT2D eigenvalue weighted by atomic mass is 9.84. The largest absolute Gasteiger partial charge is 0.480 e. The van der Waals surface area contributed by atoms with E-state index in [0.29, 0.717) is 6.42 Å². The minimum absolute atomic E-state index is 0.672. The summed E-state index contributed by atoms with van der Waals surface area (Å²) >= 11 is 1.76. The SMILES string of the molecule is CCN(CC)C1(C(=O)O)CCSc2ccccc21. The smallest absolute Gasteiger partial charge is 0.328 e. The molecule has 2 rings (SSSR count). The van der Waals surface area contributed by atoms with Gasteiger partial charge in [0.1, 0.15) is 5.54 Å². The zero-order chi connectivity index (χ0) is 13.2. The van der Waals surface area contributed by atoms with Crippen molar-refractivity contribution in [1.82, 2.24) is 4.90 Å². The molecule has 0 radical (unpaired) electrons. The highest BCUT2D eigenvalue weighted by molar-refractivity contribution is 7.99. The van der Waals surface area contributed by atoms with E-state index >= 15 is 0 Å². The molecule has 1 aromatic rings. The molecule has 0 saturated carbocycles. The van der Waals surface area contributed by atoms with Crippen molar-refractivity contribution in [2.24, 2.45) is 0 Å². The number of fused-ring (bicyclic) bond motifs is 1. The van der Waals surface area contributed by atoms with Crippen molar-refractivity contribution < 1.29 is 9.90 Å². The lowest BCUT2D eigenvalue weighted by Crippen LogP contribution is -2.53. The second kappa shape index (κ2) is 5.33. The molecule has 4 heteroatoms. The molecule has 0 bridgehead atoms. The van der Waals surface area contributed by atoms with Gasteiger partial charge in [0, 0.05) is 10.6 Å². The lowest BCUT2D eigenvalue weighted by molar-refractivity contribution is -0.153. The van der Waals surface area contributed by atoms with Gasteiger partial charge in [-0.05, 0) is 31.1 Å². The van der Waals surface area contributed by atoms with Crippen molar-refractivity contribution in [1.29, 1.82) is 0 Å². The first-order valence-corrected chi connectivity index (χ1v) is 7.36. The number of nitrogens with zero attached hydrogens (tertiary/aromatic N) is 1. The first kappa shape index (κ1) is 13.4. The van der Waals surface area contributed by atoms with Crippen LogP contribution in [0.3, 0.4) is 0 Å². The first-order chi connectivity index (χ1) is 8.66. The zero-order valence-corrected chi connectivity index (χ0v) is 11.7. The quantitative estimate of drug-likeness (QED) is 0.909. The summed E-state index contributed by atoms with van der Waals surface area (Å²) in [5.41, 5.74) is 0.114. The van der Waals surface area contributed by atoms with Crippen LogP contribution in [0.25, 0.3) is 0 Å². The third-order valence-electron chi connectivity index (χ3n) is 3.71. The Hall–Kier alpha value is -1.00. The van der Waals surface area contributed by atoms with Crippen molar-refractivity contribution in [3.8, 4) is 0 Å². The molecule has 0 amide bonds. The predicted molar refractivity (Wildman–Crippen MR) is 74.0 cm³/mol. The number of likely N-dealkylation sites (N-methyl/N-ethyl adjacent to an activating group) is 1. The number of thioether (sulfide) groups is 1. The van der Waals surface area contributed by atoms with Gasteiger partial charge in [0.25, 0.3) is 0 Å². The topological polar surface area (TPSA) is 40.5 Å². The molecule has 1 aliphatic rings. The molecule has 0 saturated heterocycles. The molecule has 1 unspecified atom stereocenters. The van der Waals surface area contributed by atoms with Crippen LogP contribution in [-0.2, 0) is 10.3 Å². The zero-order valence-electron chi connectivity index (χ0n) is 10.8. The predicted octanol–water partition coefficient (Wildman–Crippen LogP) is 2.80. The highest BCUT2D eigenvalue weighted by atomic mass is 32.2. The molecule has 1 aliphatic heterocycles. The van der Waals surface area contributed by atoms with Crippen LogP contribution in [0.1, 0.15) is 25.8 Å². The summed E-state index contributed by atoms with van der Waals surface area (Å²) in [6, 6.07) is 7.91. The number of carboxylic acid groups (broad SMARTS) is 1. The lowest BCUT2D eigenvalue weighted by Gasteiger charge is -2.43. The Balaban J connectivity index is 2.59. The van der Waals surface area contributed by atoms with Crippen LogP contribution in [-0.4, -0.2) is 34.8 Å². The van der Waals surface area contributed by atoms with E-state index in [-0.39, 0.29) is 0 Å². The Morgan fingerprint density at radius 3 is 2.67 bits per heavy atom. The van der Waals surface area contributed by atoms with Gasteiger partial charge < -0.3 is 5.11 Å².